The summed E-state index contributed by atoms with van der Waals surface area (Å²) in [7, 11) is 0. The standard InChI is InChI=1S/C53H81N11O15/c1-30(2)24-37(49(76)59-34(46(56)73)10-6-8-21-57-22-19-33-41(66)27-53(3,4)28-42(33)67)61-47(74)35(11-5-7-20-54)60-51(78)40-12-9-23-64(40)52(79)39(26-45(71)72)63-50(77)38(25-31-13-15-32(65)16-14-31)62-48(75)36(17-18-44(69)70)58-43(68)29-55/h13-16,19,30,34-40,57,65H,5-12,17-18,20-29,54-55H2,1-4H3,(H2,56,73)(H,58,68)(H,59,76)(H,60,78)(H,61,74)(H,62,75)(H,63,77)(H,69,70)(H,71,72)/t34-,35+,36-,37-,38+,39+,40-/m0/s1. The van der Waals surface area contributed by atoms with Crippen LogP contribution in [-0.2, 0) is 64.0 Å². The highest BCUT2D eigenvalue weighted by atomic mass is 16.4. The normalized spacial score (nSPS) is 17.3. The minimum absolute atomic E-state index is 0.0458. The van der Waals surface area contributed by atoms with Gasteiger partial charge >= 0.3 is 11.9 Å². The molecule has 0 aromatic heterocycles. The number of aliphatic carboxylic acids is 2. The Morgan fingerprint density at radius 3 is 1.85 bits per heavy atom. The van der Waals surface area contributed by atoms with E-state index in [9.17, 15) is 72.9 Å². The minimum Gasteiger partial charge on any atom is -0.508 e. The van der Waals surface area contributed by atoms with Crippen LogP contribution in [0.15, 0.2) is 35.9 Å². The Morgan fingerprint density at radius 2 is 1.27 bits per heavy atom. The Morgan fingerprint density at radius 1 is 0.709 bits per heavy atom. The van der Waals surface area contributed by atoms with Crippen LogP contribution in [0.1, 0.15) is 123 Å². The van der Waals surface area contributed by atoms with Gasteiger partial charge in [0.15, 0.2) is 11.6 Å². The minimum atomic E-state index is -1.82. The number of ketones is 2. The Labute approximate surface area is 459 Å². The number of rotatable bonds is 34. The van der Waals surface area contributed by atoms with Crippen molar-refractivity contribution >= 4 is 70.8 Å². The lowest BCUT2D eigenvalue weighted by Gasteiger charge is -2.31. The van der Waals surface area contributed by atoms with Crippen LogP contribution in [-0.4, -0.2) is 166 Å². The van der Waals surface area contributed by atoms with Crippen molar-refractivity contribution in [2.24, 2.45) is 28.5 Å². The number of phenolic OH excluding ortho intramolecular Hbond substituents is 1. The molecule has 1 aliphatic carbocycles. The number of carbonyl (C=O) groups excluding carboxylic acids is 10. The molecule has 0 unspecified atom stereocenters. The van der Waals surface area contributed by atoms with E-state index in [0.29, 0.717) is 50.6 Å². The van der Waals surface area contributed by atoms with Gasteiger partial charge in [-0.15, -0.1) is 0 Å². The molecule has 1 saturated heterocycles. The monoisotopic (exact) mass is 1110 g/mol. The zero-order chi connectivity index (χ0) is 59.0. The number of benzene rings is 1. The number of nitrogens with one attached hydrogen (secondary N) is 7. The molecule has 0 spiro atoms. The Hall–Kier alpha value is -7.32. The smallest absolute Gasteiger partial charge is 0.305 e. The summed E-state index contributed by atoms with van der Waals surface area (Å²) in [6, 6.07) is -4.27. The maximum Gasteiger partial charge on any atom is 0.305 e. The molecule has 8 amide bonds. The second kappa shape index (κ2) is 32.5. The summed E-state index contributed by atoms with van der Waals surface area (Å²) < 4.78 is 0. The van der Waals surface area contributed by atoms with Crippen LogP contribution in [0.2, 0.25) is 0 Å². The van der Waals surface area contributed by atoms with Gasteiger partial charge in [0.25, 0.3) is 0 Å². The number of nitrogens with two attached hydrogens (primary N) is 3. The SMILES string of the molecule is CC(C)C[C@H](NC(=O)[C@@H](CCCCN)NC(=O)[C@@H]1CCCN1C(=O)[C@@H](CC(=O)O)NC(=O)[C@@H](Cc1ccc(O)cc1)NC(=O)[C@H](CCC(=O)O)NC(=O)CN)C(=O)N[C@@H](CCCCNCC=C1C(=O)CC(C)(C)CC1=O)C(N)=O. The number of Topliss-reactive ketones (excluding diaryl/α,β-unsaturated/α-hetero) is 2. The van der Waals surface area contributed by atoms with E-state index >= 15 is 0 Å². The molecule has 0 radical (unpaired) electrons. The maximum atomic E-state index is 14.3. The number of phenols is 1. The van der Waals surface area contributed by atoms with E-state index in [1.165, 1.54) is 24.3 Å². The third-order valence-electron chi connectivity index (χ3n) is 13.3. The first-order chi connectivity index (χ1) is 37.2. The van der Waals surface area contributed by atoms with E-state index in [4.69, 9.17) is 17.2 Å². The van der Waals surface area contributed by atoms with Crippen LogP contribution >= 0.6 is 0 Å². The summed E-state index contributed by atoms with van der Waals surface area (Å²) in [6.45, 7) is 7.76. The Kier molecular flexibility index (Phi) is 27.2. The predicted molar refractivity (Wildman–Crippen MR) is 286 cm³/mol. The number of aromatic hydroxyl groups is 1. The molecule has 438 valence electrons. The fraction of sp³-hybridized carbons (Fsp3) is 0.623. The molecule has 16 N–H and O–H groups in total. The highest BCUT2D eigenvalue weighted by Gasteiger charge is 2.41. The second-order valence-electron chi connectivity index (χ2n) is 21.2. The summed E-state index contributed by atoms with van der Waals surface area (Å²) in [4.78, 5) is 159. The molecule has 1 aromatic rings. The van der Waals surface area contributed by atoms with Gasteiger partial charge in [0.1, 0.15) is 48.0 Å². The van der Waals surface area contributed by atoms with Crippen molar-refractivity contribution in [1.29, 1.82) is 0 Å². The number of carboxylic acids is 2. The van der Waals surface area contributed by atoms with Gasteiger partial charge in [-0.1, -0.05) is 45.9 Å². The van der Waals surface area contributed by atoms with E-state index in [-0.39, 0.29) is 92.4 Å². The molecule has 7 atom stereocenters. The van der Waals surface area contributed by atoms with Gasteiger partial charge in [0.2, 0.25) is 47.3 Å². The van der Waals surface area contributed by atoms with Crippen LogP contribution in [0, 0.1) is 11.3 Å². The highest BCUT2D eigenvalue weighted by molar-refractivity contribution is 6.22. The first-order valence-electron chi connectivity index (χ1n) is 26.8. The molecule has 0 bridgehead atoms. The molecular weight excluding hydrogens is 1030 g/mol. The van der Waals surface area contributed by atoms with Gasteiger partial charge in [-0.05, 0) is 106 Å². The lowest BCUT2D eigenvalue weighted by molar-refractivity contribution is -0.146. The highest BCUT2D eigenvalue weighted by Crippen LogP contribution is 2.33. The zero-order valence-electron chi connectivity index (χ0n) is 45.6. The third kappa shape index (κ3) is 22.9. The fourth-order valence-corrected chi connectivity index (χ4v) is 9.23. The van der Waals surface area contributed by atoms with Crippen molar-refractivity contribution in [3.63, 3.8) is 0 Å². The van der Waals surface area contributed by atoms with E-state index in [2.05, 4.69) is 37.2 Å². The topological polar surface area (TPSA) is 431 Å². The summed E-state index contributed by atoms with van der Waals surface area (Å²) in [5.41, 5.74) is 17.0. The summed E-state index contributed by atoms with van der Waals surface area (Å²) in [5, 5.41) is 47.4. The van der Waals surface area contributed by atoms with E-state index in [1.807, 2.05) is 27.7 Å². The van der Waals surface area contributed by atoms with Gasteiger partial charge in [0, 0.05) is 38.8 Å². The number of amides is 8. The lowest BCUT2D eigenvalue weighted by Crippen LogP contribution is -2.60. The molecule has 26 heteroatoms. The third-order valence-corrected chi connectivity index (χ3v) is 13.3. The quantitative estimate of drug-likeness (QED) is 0.0211. The van der Waals surface area contributed by atoms with Crippen LogP contribution in [0.5, 0.6) is 5.75 Å². The molecule has 26 nitrogen and oxygen atoms in total. The summed E-state index contributed by atoms with van der Waals surface area (Å²) in [5.74, 6) is -10.4. The number of primary amides is 1. The first-order valence-corrected chi connectivity index (χ1v) is 26.8. The molecule has 79 heavy (non-hydrogen) atoms. The summed E-state index contributed by atoms with van der Waals surface area (Å²) >= 11 is 0. The number of unbranched alkanes of at least 4 members (excludes halogenated alkanes) is 2. The van der Waals surface area contributed by atoms with Crippen LogP contribution in [0.25, 0.3) is 0 Å². The number of carbonyl (C=O) groups is 12. The molecule has 1 aromatic carbocycles. The van der Waals surface area contributed by atoms with Gasteiger partial charge < -0.3 is 74.6 Å². The average molecular weight is 1110 g/mol. The molecule has 1 heterocycles. The van der Waals surface area contributed by atoms with Crippen LogP contribution < -0.4 is 54.4 Å². The Balaban J connectivity index is 1.76. The average Bonchev–Trinajstić information content (AvgIpc) is 3.90. The fourth-order valence-electron chi connectivity index (χ4n) is 9.23. The molecular formula is C53H81N11O15. The van der Waals surface area contributed by atoms with Gasteiger partial charge in [0.05, 0.1) is 18.5 Å². The van der Waals surface area contributed by atoms with Gasteiger partial charge in [-0.2, -0.15) is 0 Å². The molecule has 2 aliphatic rings. The molecule has 1 aliphatic heterocycles. The largest absolute Gasteiger partial charge is 0.508 e. The van der Waals surface area contributed by atoms with Gasteiger partial charge in [-0.3, -0.25) is 57.5 Å². The number of carboxylic acid groups (broad SMARTS) is 2. The molecule has 3 rings (SSSR count). The predicted octanol–water partition coefficient (Wildman–Crippen LogP) is -1.56. The second-order valence-corrected chi connectivity index (χ2v) is 21.2. The van der Waals surface area contributed by atoms with Crippen molar-refractivity contribution < 1.29 is 72.9 Å². The van der Waals surface area contributed by atoms with Crippen LogP contribution in [0.3, 0.4) is 0 Å². The van der Waals surface area contributed by atoms with Crippen molar-refractivity contribution in [1.82, 2.24) is 42.1 Å². The molecule has 2 fully saturated rings. The number of hydrogen-bond acceptors (Lipinski definition) is 16. The van der Waals surface area contributed by atoms with E-state index in [1.54, 1.807) is 6.08 Å². The number of allylic oxidation sites excluding steroid dienone is 1. The van der Waals surface area contributed by atoms with E-state index in [0.717, 1.165) is 4.90 Å². The number of hydrogen-bond donors (Lipinski definition) is 13. The maximum absolute atomic E-state index is 14.3. The van der Waals surface area contributed by atoms with Crippen molar-refractivity contribution in [3.8, 4) is 5.75 Å². The van der Waals surface area contributed by atoms with Crippen LogP contribution in [0.4, 0.5) is 0 Å². The van der Waals surface area contributed by atoms with Crippen molar-refractivity contribution in [2.75, 3.05) is 32.7 Å². The summed E-state index contributed by atoms with van der Waals surface area (Å²) in [6.07, 6.45) is 2.35. The van der Waals surface area contributed by atoms with Gasteiger partial charge in [-0.25, -0.2) is 0 Å². The molecule has 1 saturated carbocycles. The van der Waals surface area contributed by atoms with E-state index < -0.39 is 127 Å². The number of likely N-dealkylation sites (tertiary alicyclic amines) is 1. The van der Waals surface area contributed by atoms with Crippen molar-refractivity contribution in [3.05, 3.63) is 41.5 Å². The lowest BCUT2D eigenvalue weighted by atomic mass is 9.74. The first kappa shape index (κ1) is 66.0. The zero-order valence-corrected chi connectivity index (χ0v) is 45.6. The Bertz CT molecular complexity index is 2360. The number of nitrogens with zero attached hydrogens (tertiary/aromatic N) is 1. The van der Waals surface area contributed by atoms with Crippen molar-refractivity contribution in [2.45, 2.75) is 166 Å².